The highest BCUT2D eigenvalue weighted by Crippen LogP contribution is 2.39. The van der Waals surface area contributed by atoms with E-state index >= 15 is 0 Å². The molecule has 0 saturated carbocycles. The van der Waals surface area contributed by atoms with Gasteiger partial charge in [-0.3, -0.25) is 4.79 Å². The van der Waals surface area contributed by atoms with Crippen LogP contribution in [0.4, 0.5) is 5.69 Å². The number of aromatic carboxylic acids is 1. The molecule has 0 aliphatic carbocycles. The highest BCUT2D eigenvalue weighted by Gasteiger charge is 2.41. The first-order valence-electron chi connectivity index (χ1n) is 7.31. The third-order valence-electron chi connectivity index (χ3n) is 3.81. The van der Waals surface area contributed by atoms with Gasteiger partial charge < -0.3 is 14.7 Å². The van der Waals surface area contributed by atoms with E-state index in [-0.39, 0.29) is 11.5 Å². The second kappa shape index (κ2) is 5.43. The average Bonchev–Trinajstić information content (AvgIpc) is 2.52. The molecule has 0 bridgehead atoms. The highest BCUT2D eigenvalue weighted by molar-refractivity contribution is 6.03. The molecule has 1 aliphatic heterocycles. The van der Waals surface area contributed by atoms with Crippen LogP contribution >= 0.6 is 0 Å². The summed E-state index contributed by atoms with van der Waals surface area (Å²) >= 11 is 0. The molecule has 1 amide bonds. The molecule has 0 radical (unpaired) electrons. The van der Waals surface area contributed by atoms with Crippen LogP contribution in [0.2, 0.25) is 0 Å². The Morgan fingerprint density at radius 2 is 1.87 bits per heavy atom. The zero-order chi connectivity index (χ0) is 16.6. The fraction of sp³-hybridized carbons (Fsp3) is 0.222. The molecule has 0 aromatic heterocycles. The largest absolute Gasteiger partial charge is 0.478 e. The lowest BCUT2D eigenvalue weighted by Crippen LogP contribution is -2.52. The lowest BCUT2D eigenvalue weighted by atomic mass is 10.0. The molecular formula is C18H17NO4. The van der Waals surface area contributed by atoms with E-state index in [1.165, 1.54) is 12.1 Å². The van der Waals surface area contributed by atoms with Gasteiger partial charge in [0.1, 0.15) is 5.75 Å². The van der Waals surface area contributed by atoms with E-state index in [2.05, 4.69) is 0 Å². The number of rotatable bonds is 3. The van der Waals surface area contributed by atoms with Crippen LogP contribution < -0.4 is 9.64 Å². The number of hydrogen-bond donors (Lipinski definition) is 1. The smallest absolute Gasteiger partial charge is 0.335 e. The number of amides is 1. The van der Waals surface area contributed by atoms with Crippen molar-refractivity contribution in [2.24, 2.45) is 0 Å². The SMILES string of the molecule is CC1(C)Oc2cc(C(=O)O)ccc2N(Cc2ccccc2)C1=O. The van der Waals surface area contributed by atoms with Gasteiger partial charge in [0.15, 0.2) is 5.60 Å². The number of carbonyl (C=O) groups is 2. The third-order valence-corrected chi connectivity index (χ3v) is 3.81. The molecule has 2 aromatic carbocycles. The molecule has 0 atom stereocenters. The summed E-state index contributed by atoms with van der Waals surface area (Å²) in [5.41, 5.74) is 0.669. The van der Waals surface area contributed by atoms with Gasteiger partial charge in [-0.15, -0.1) is 0 Å². The molecule has 1 N–H and O–H groups in total. The van der Waals surface area contributed by atoms with Crippen molar-refractivity contribution in [2.45, 2.75) is 26.0 Å². The highest BCUT2D eigenvalue weighted by atomic mass is 16.5. The number of hydrogen-bond acceptors (Lipinski definition) is 3. The Morgan fingerprint density at radius 1 is 1.17 bits per heavy atom. The minimum Gasteiger partial charge on any atom is -0.478 e. The van der Waals surface area contributed by atoms with Gasteiger partial charge in [-0.2, -0.15) is 0 Å². The quantitative estimate of drug-likeness (QED) is 0.946. The Kier molecular flexibility index (Phi) is 3.56. The zero-order valence-corrected chi connectivity index (χ0v) is 12.9. The van der Waals surface area contributed by atoms with E-state index in [0.29, 0.717) is 18.0 Å². The molecular weight excluding hydrogens is 294 g/mol. The molecule has 0 unspecified atom stereocenters. The molecule has 1 heterocycles. The summed E-state index contributed by atoms with van der Waals surface area (Å²) in [4.78, 5) is 25.5. The number of nitrogens with zero attached hydrogens (tertiary/aromatic N) is 1. The molecule has 0 spiro atoms. The van der Waals surface area contributed by atoms with Crippen LogP contribution in [0, 0.1) is 0 Å². The molecule has 0 saturated heterocycles. The van der Waals surface area contributed by atoms with Crippen LogP contribution in [0.1, 0.15) is 29.8 Å². The van der Waals surface area contributed by atoms with E-state index in [9.17, 15) is 9.59 Å². The summed E-state index contributed by atoms with van der Waals surface area (Å²) in [5.74, 6) is -0.775. The summed E-state index contributed by atoms with van der Waals surface area (Å²) in [5, 5.41) is 9.13. The van der Waals surface area contributed by atoms with Gasteiger partial charge in [-0.1, -0.05) is 30.3 Å². The monoisotopic (exact) mass is 311 g/mol. The minimum absolute atomic E-state index is 0.133. The Morgan fingerprint density at radius 3 is 2.52 bits per heavy atom. The minimum atomic E-state index is -1.04. The first-order valence-corrected chi connectivity index (χ1v) is 7.31. The second-order valence-electron chi connectivity index (χ2n) is 5.98. The van der Waals surface area contributed by atoms with Crippen molar-refractivity contribution in [1.29, 1.82) is 0 Å². The maximum absolute atomic E-state index is 12.7. The van der Waals surface area contributed by atoms with Crippen LogP contribution in [0.25, 0.3) is 0 Å². The Balaban J connectivity index is 2.05. The van der Waals surface area contributed by atoms with E-state index in [0.717, 1.165) is 5.56 Å². The fourth-order valence-electron chi connectivity index (χ4n) is 2.63. The first kappa shape index (κ1) is 15.1. The summed E-state index contributed by atoms with van der Waals surface area (Å²) in [7, 11) is 0. The maximum atomic E-state index is 12.7. The van der Waals surface area contributed by atoms with Gasteiger partial charge >= 0.3 is 5.97 Å². The normalized spacial score (nSPS) is 15.7. The number of benzene rings is 2. The predicted octanol–water partition coefficient (Wildman–Crippen LogP) is 3.09. The van der Waals surface area contributed by atoms with Crippen molar-refractivity contribution in [1.82, 2.24) is 0 Å². The lowest BCUT2D eigenvalue weighted by molar-refractivity contribution is -0.132. The van der Waals surface area contributed by atoms with Gasteiger partial charge in [0, 0.05) is 0 Å². The van der Waals surface area contributed by atoms with Crippen molar-refractivity contribution in [3.8, 4) is 5.75 Å². The van der Waals surface area contributed by atoms with Gasteiger partial charge in [0.25, 0.3) is 5.91 Å². The van der Waals surface area contributed by atoms with Gasteiger partial charge in [0.05, 0.1) is 17.8 Å². The topological polar surface area (TPSA) is 66.8 Å². The molecule has 5 heteroatoms. The molecule has 23 heavy (non-hydrogen) atoms. The van der Waals surface area contributed by atoms with Crippen molar-refractivity contribution < 1.29 is 19.4 Å². The Hall–Kier alpha value is -2.82. The summed E-state index contributed by atoms with van der Waals surface area (Å²) in [6.45, 7) is 3.78. The van der Waals surface area contributed by atoms with E-state index in [4.69, 9.17) is 9.84 Å². The van der Waals surface area contributed by atoms with Crippen LogP contribution in [-0.2, 0) is 11.3 Å². The van der Waals surface area contributed by atoms with Crippen LogP contribution in [0.15, 0.2) is 48.5 Å². The van der Waals surface area contributed by atoms with Crippen LogP contribution in [0.3, 0.4) is 0 Å². The van der Waals surface area contributed by atoms with Gasteiger partial charge in [0.2, 0.25) is 0 Å². The van der Waals surface area contributed by atoms with E-state index < -0.39 is 11.6 Å². The van der Waals surface area contributed by atoms with E-state index in [1.54, 1.807) is 24.8 Å². The number of carboxylic acid groups (broad SMARTS) is 1. The molecule has 2 aromatic rings. The van der Waals surface area contributed by atoms with Crippen LogP contribution in [-0.4, -0.2) is 22.6 Å². The Labute approximate surface area is 134 Å². The molecule has 5 nitrogen and oxygen atoms in total. The van der Waals surface area contributed by atoms with E-state index in [1.807, 2.05) is 30.3 Å². The number of carboxylic acids is 1. The van der Waals surface area contributed by atoms with Crippen molar-refractivity contribution in [2.75, 3.05) is 4.90 Å². The van der Waals surface area contributed by atoms with Crippen LogP contribution in [0.5, 0.6) is 5.75 Å². The summed E-state index contributed by atoms with van der Waals surface area (Å²) in [6, 6.07) is 14.2. The molecule has 0 fully saturated rings. The zero-order valence-electron chi connectivity index (χ0n) is 12.9. The maximum Gasteiger partial charge on any atom is 0.335 e. The number of carbonyl (C=O) groups excluding carboxylic acids is 1. The number of anilines is 1. The van der Waals surface area contributed by atoms with Crippen molar-refractivity contribution in [3.63, 3.8) is 0 Å². The molecule has 118 valence electrons. The van der Waals surface area contributed by atoms with Crippen molar-refractivity contribution in [3.05, 3.63) is 59.7 Å². The van der Waals surface area contributed by atoms with Crippen molar-refractivity contribution >= 4 is 17.6 Å². The molecule has 1 aliphatic rings. The first-order chi connectivity index (χ1) is 10.9. The summed E-state index contributed by atoms with van der Waals surface area (Å²) in [6.07, 6.45) is 0. The number of ether oxygens (including phenoxy) is 1. The average molecular weight is 311 g/mol. The predicted molar refractivity (Wildman–Crippen MR) is 85.7 cm³/mol. The molecule has 3 rings (SSSR count). The standard InChI is InChI=1S/C18H17NO4/c1-18(2)17(22)19(11-12-6-4-3-5-7-12)14-9-8-13(16(20)21)10-15(14)23-18/h3-10H,11H2,1-2H3,(H,20,21). The Bertz CT molecular complexity index is 768. The van der Waals surface area contributed by atoms with Gasteiger partial charge in [-0.05, 0) is 37.6 Å². The number of fused-ring (bicyclic) bond motifs is 1. The lowest BCUT2D eigenvalue weighted by Gasteiger charge is -2.39. The second-order valence-corrected chi connectivity index (χ2v) is 5.98. The third kappa shape index (κ3) is 2.77. The summed E-state index contributed by atoms with van der Waals surface area (Å²) < 4.78 is 5.74. The van der Waals surface area contributed by atoms with Gasteiger partial charge in [-0.25, -0.2) is 4.79 Å². The fourth-order valence-corrected chi connectivity index (χ4v) is 2.63.